The Hall–Kier alpha value is -0.900. The number of hydrogen-bond acceptors (Lipinski definition) is 4. The van der Waals surface area contributed by atoms with Gasteiger partial charge in [-0.1, -0.05) is 12.1 Å². The van der Waals surface area contributed by atoms with Gasteiger partial charge >= 0.3 is 0 Å². The lowest BCUT2D eigenvalue weighted by Gasteiger charge is -2.59. The highest BCUT2D eigenvalue weighted by Gasteiger charge is 2.58. The van der Waals surface area contributed by atoms with E-state index < -0.39 is 0 Å². The molecule has 3 unspecified atom stereocenters. The zero-order chi connectivity index (χ0) is 14.0. The fraction of sp³-hybridized carbons (Fsp3) is 0.875. The summed E-state index contributed by atoms with van der Waals surface area (Å²) >= 11 is 0. The van der Waals surface area contributed by atoms with Crippen molar-refractivity contribution in [3.8, 4) is 0 Å². The molecule has 0 amide bonds. The minimum atomic E-state index is 0.0920. The first kappa shape index (κ1) is 12.8. The lowest BCUT2D eigenvalue weighted by molar-refractivity contribution is -0.0724. The highest BCUT2D eigenvalue weighted by atomic mass is 16.5. The second kappa shape index (κ2) is 4.06. The van der Waals surface area contributed by atoms with Gasteiger partial charge in [0.25, 0.3) is 0 Å². The number of rotatable bonds is 3. The molecule has 4 fully saturated rings. The Balaban J connectivity index is 1.65. The lowest BCUT2D eigenvalue weighted by Crippen LogP contribution is -2.53. The second-order valence-electron chi connectivity index (χ2n) is 8.25. The van der Waals surface area contributed by atoms with E-state index in [2.05, 4.69) is 12.1 Å². The van der Waals surface area contributed by atoms with Gasteiger partial charge in [-0.2, -0.15) is 4.98 Å². The van der Waals surface area contributed by atoms with E-state index in [0.29, 0.717) is 11.8 Å². The zero-order valence-electron chi connectivity index (χ0n) is 12.6. The highest BCUT2D eigenvalue weighted by Crippen LogP contribution is 2.65. The van der Waals surface area contributed by atoms with Crippen molar-refractivity contribution in [2.24, 2.45) is 23.0 Å². The summed E-state index contributed by atoms with van der Waals surface area (Å²) in [5.41, 5.74) is 6.54. The van der Waals surface area contributed by atoms with Crippen LogP contribution in [0.4, 0.5) is 0 Å². The third kappa shape index (κ3) is 1.92. The van der Waals surface area contributed by atoms with Crippen molar-refractivity contribution in [2.75, 3.05) is 0 Å². The first-order valence-corrected chi connectivity index (χ1v) is 8.05. The molecule has 4 saturated carbocycles. The summed E-state index contributed by atoms with van der Waals surface area (Å²) in [4.78, 5) is 4.71. The number of aromatic nitrogens is 2. The van der Waals surface area contributed by atoms with Gasteiger partial charge in [0.2, 0.25) is 5.89 Å². The Morgan fingerprint density at radius 3 is 2.60 bits per heavy atom. The second-order valence-corrected chi connectivity index (χ2v) is 8.25. The maximum absolute atomic E-state index is 5.84. The third-order valence-electron chi connectivity index (χ3n) is 5.78. The average molecular weight is 275 g/mol. The molecule has 4 aliphatic rings. The molecule has 4 heteroatoms. The van der Waals surface area contributed by atoms with Gasteiger partial charge in [0.15, 0.2) is 5.82 Å². The van der Waals surface area contributed by atoms with Gasteiger partial charge < -0.3 is 10.3 Å². The molecule has 0 spiro atoms. The van der Waals surface area contributed by atoms with E-state index in [1.54, 1.807) is 0 Å². The van der Waals surface area contributed by atoms with Crippen LogP contribution < -0.4 is 5.73 Å². The van der Waals surface area contributed by atoms with Crippen LogP contribution in [0, 0.1) is 17.3 Å². The molecule has 4 aliphatic carbocycles. The van der Waals surface area contributed by atoms with Crippen molar-refractivity contribution in [3.63, 3.8) is 0 Å². The molecule has 110 valence electrons. The normalized spacial score (nSPS) is 44.0. The molecule has 0 aliphatic heterocycles. The molecule has 0 saturated heterocycles. The molecule has 4 bridgehead atoms. The van der Waals surface area contributed by atoms with Gasteiger partial charge in [-0.15, -0.1) is 0 Å². The molecule has 3 atom stereocenters. The van der Waals surface area contributed by atoms with Crippen LogP contribution in [0.25, 0.3) is 0 Å². The summed E-state index contributed by atoms with van der Waals surface area (Å²) in [6, 6.07) is 0.0920. The van der Waals surface area contributed by atoms with E-state index in [0.717, 1.165) is 23.6 Å². The van der Waals surface area contributed by atoms with Crippen molar-refractivity contribution in [2.45, 2.75) is 70.3 Å². The minimum absolute atomic E-state index is 0.0920. The van der Waals surface area contributed by atoms with Crippen LogP contribution >= 0.6 is 0 Å². The van der Waals surface area contributed by atoms with Crippen LogP contribution in [0.1, 0.15) is 64.1 Å². The fourth-order valence-electron chi connectivity index (χ4n) is 5.81. The van der Waals surface area contributed by atoms with Gasteiger partial charge in [-0.3, -0.25) is 0 Å². The Morgan fingerprint density at radius 1 is 1.30 bits per heavy atom. The minimum Gasteiger partial charge on any atom is -0.339 e. The van der Waals surface area contributed by atoms with Crippen LogP contribution in [0.15, 0.2) is 4.52 Å². The van der Waals surface area contributed by atoms with Gasteiger partial charge in [0.05, 0.1) is 5.41 Å². The van der Waals surface area contributed by atoms with Crippen LogP contribution in [0.3, 0.4) is 0 Å². The van der Waals surface area contributed by atoms with Gasteiger partial charge in [0, 0.05) is 12.5 Å². The summed E-state index contributed by atoms with van der Waals surface area (Å²) in [7, 11) is 0. The summed E-state index contributed by atoms with van der Waals surface area (Å²) in [5.74, 6) is 3.46. The van der Waals surface area contributed by atoms with Crippen molar-refractivity contribution in [3.05, 3.63) is 11.7 Å². The largest absolute Gasteiger partial charge is 0.339 e. The fourth-order valence-corrected chi connectivity index (χ4v) is 5.81. The maximum Gasteiger partial charge on any atom is 0.232 e. The molecular weight excluding hydrogens is 250 g/mol. The van der Waals surface area contributed by atoms with E-state index in [1.807, 2.05) is 6.92 Å². The molecule has 0 radical (unpaired) electrons. The maximum atomic E-state index is 5.84. The number of hydrogen-bond donors (Lipinski definition) is 1. The molecule has 2 N–H and O–H groups in total. The highest BCUT2D eigenvalue weighted by molar-refractivity contribution is 5.18. The smallest absolute Gasteiger partial charge is 0.232 e. The van der Waals surface area contributed by atoms with E-state index in [1.165, 1.54) is 38.5 Å². The average Bonchev–Trinajstić information content (AvgIpc) is 2.73. The Morgan fingerprint density at radius 2 is 2.00 bits per heavy atom. The molecule has 1 aromatic rings. The zero-order valence-corrected chi connectivity index (χ0v) is 12.6. The van der Waals surface area contributed by atoms with E-state index in [-0.39, 0.29) is 11.5 Å². The summed E-state index contributed by atoms with van der Waals surface area (Å²) < 4.78 is 5.68. The molecule has 1 aromatic heterocycles. The molecule has 1 heterocycles. The standard InChI is InChI=1S/C16H25N3O/c1-10(17)3-13-18-14(20-19-13)16-7-11-4-12(8-16)6-15(2,5-11)9-16/h10-12H,3-9,17H2,1-2H3. The first-order chi connectivity index (χ1) is 9.46. The Bertz CT molecular complexity index is 508. The van der Waals surface area contributed by atoms with Crippen molar-refractivity contribution in [1.82, 2.24) is 10.1 Å². The van der Waals surface area contributed by atoms with E-state index in [4.69, 9.17) is 15.2 Å². The summed E-state index contributed by atoms with van der Waals surface area (Å²) in [6.07, 6.45) is 8.73. The third-order valence-corrected chi connectivity index (χ3v) is 5.78. The van der Waals surface area contributed by atoms with Gasteiger partial charge in [0.1, 0.15) is 0 Å². The Kier molecular flexibility index (Phi) is 2.60. The van der Waals surface area contributed by atoms with Crippen LogP contribution in [-0.2, 0) is 11.8 Å². The van der Waals surface area contributed by atoms with Gasteiger partial charge in [-0.25, -0.2) is 0 Å². The van der Waals surface area contributed by atoms with Crippen LogP contribution in [-0.4, -0.2) is 16.2 Å². The molecule has 4 nitrogen and oxygen atoms in total. The number of nitrogens with zero attached hydrogens (tertiary/aromatic N) is 2. The van der Waals surface area contributed by atoms with Crippen molar-refractivity contribution < 1.29 is 4.52 Å². The summed E-state index contributed by atoms with van der Waals surface area (Å²) in [6.45, 7) is 4.46. The van der Waals surface area contributed by atoms with E-state index >= 15 is 0 Å². The topological polar surface area (TPSA) is 64.9 Å². The number of nitrogens with two attached hydrogens (primary N) is 1. The monoisotopic (exact) mass is 275 g/mol. The predicted molar refractivity (Wildman–Crippen MR) is 76.1 cm³/mol. The lowest BCUT2D eigenvalue weighted by atomic mass is 9.44. The Labute approximate surface area is 120 Å². The summed E-state index contributed by atoms with van der Waals surface area (Å²) in [5, 5.41) is 4.17. The van der Waals surface area contributed by atoms with Crippen LogP contribution in [0.5, 0.6) is 0 Å². The van der Waals surface area contributed by atoms with Crippen molar-refractivity contribution in [1.29, 1.82) is 0 Å². The van der Waals surface area contributed by atoms with Crippen LogP contribution in [0.2, 0.25) is 0 Å². The van der Waals surface area contributed by atoms with Crippen molar-refractivity contribution >= 4 is 0 Å². The molecule has 5 rings (SSSR count). The quantitative estimate of drug-likeness (QED) is 0.921. The van der Waals surface area contributed by atoms with E-state index in [9.17, 15) is 0 Å². The molecule has 0 aromatic carbocycles. The predicted octanol–water partition coefficient (Wildman–Crippen LogP) is 2.82. The molecular formula is C16H25N3O. The SMILES string of the molecule is CC(N)Cc1noc(C23CC4CC(CC(C)(C4)C2)C3)n1. The first-order valence-electron chi connectivity index (χ1n) is 8.05. The van der Waals surface area contributed by atoms with Gasteiger partial charge in [-0.05, 0) is 62.7 Å². The molecule has 20 heavy (non-hydrogen) atoms.